The van der Waals surface area contributed by atoms with Gasteiger partial charge in [-0.05, 0) is 49.4 Å². The molecule has 0 aliphatic heterocycles. The average molecular weight is 314 g/mol. The molecule has 1 rings (SSSR count). The number of ether oxygens (including phenoxy) is 2. The van der Waals surface area contributed by atoms with E-state index in [1.807, 2.05) is 12.1 Å². The predicted molar refractivity (Wildman–Crippen MR) is 89.1 cm³/mol. The Morgan fingerprint density at radius 1 is 1.05 bits per heavy atom. The normalized spacial score (nSPS) is 12.5. The highest BCUT2D eigenvalue weighted by molar-refractivity contribution is 6.30. The van der Waals surface area contributed by atoms with Gasteiger partial charge in [0.1, 0.15) is 0 Å². The quantitative estimate of drug-likeness (QED) is 0.599. The molecule has 1 unspecified atom stereocenters. The first-order valence-corrected chi connectivity index (χ1v) is 8.07. The third-order valence-electron chi connectivity index (χ3n) is 3.56. The second-order valence-electron chi connectivity index (χ2n) is 5.38. The highest BCUT2D eigenvalue weighted by atomic mass is 35.5. The zero-order chi connectivity index (χ0) is 15.3. The van der Waals surface area contributed by atoms with Gasteiger partial charge in [-0.1, -0.05) is 30.2 Å². The van der Waals surface area contributed by atoms with Crippen LogP contribution < -0.4 is 5.32 Å². The van der Waals surface area contributed by atoms with Crippen molar-refractivity contribution in [3.05, 3.63) is 34.9 Å². The summed E-state index contributed by atoms with van der Waals surface area (Å²) in [6.07, 6.45) is 4.64. The Labute approximate surface area is 134 Å². The lowest BCUT2D eigenvalue weighted by molar-refractivity contribution is 0.188. The molecule has 0 fully saturated rings. The number of hydrogen-bond acceptors (Lipinski definition) is 3. The molecule has 0 bridgehead atoms. The lowest BCUT2D eigenvalue weighted by atomic mass is 9.94. The molecule has 4 heteroatoms. The molecule has 1 N–H and O–H groups in total. The highest BCUT2D eigenvalue weighted by Gasteiger charge is 2.09. The SMILES string of the molecule is COCCCCC(CNCCOC)Cc1ccc(Cl)cc1. The molecular weight excluding hydrogens is 286 g/mol. The molecule has 3 nitrogen and oxygen atoms in total. The fourth-order valence-electron chi connectivity index (χ4n) is 2.39. The largest absolute Gasteiger partial charge is 0.385 e. The smallest absolute Gasteiger partial charge is 0.0587 e. The number of halogens is 1. The van der Waals surface area contributed by atoms with E-state index in [1.54, 1.807) is 14.2 Å². The summed E-state index contributed by atoms with van der Waals surface area (Å²) in [5.41, 5.74) is 1.35. The molecule has 0 saturated carbocycles. The number of rotatable bonds is 12. The molecule has 120 valence electrons. The van der Waals surface area contributed by atoms with E-state index in [2.05, 4.69) is 17.4 Å². The van der Waals surface area contributed by atoms with E-state index in [0.29, 0.717) is 5.92 Å². The van der Waals surface area contributed by atoms with E-state index < -0.39 is 0 Å². The first-order valence-electron chi connectivity index (χ1n) is 7.69. The van der Waals surface area contributed by atoms with Crippen LogP contribution in [-0.4, -0.2) is 40.5 Å². The topological polar surface area (TPSA) is 30.5 Å². The maximum absolute atomic E-state index is 5.94. The van der Waals surface area contributed by atoms with Crippen molar-refractivity contribution in [2.75, 3.05) is 40.5 Å². The van der Waals surface area contributed by atoms with E-state index in [4.69, 9.17) is 21.1 Å². The van der Waals surface area contributed by atoms with Crippen molar-refractivity contribution >= 4 is 11.6 Å². The number of unbranched alkanes of at least 4 members (excludes halogenated alkanes) is 1. The second kappa shape index (κ2) is 12.0. The van der Waals surface area contributed by atoms with E-state index >= 15 is 0 Å². The Kier molecular flexibility index (Phi) is 10.5. The van der Waals surface area contributed by atoms with Crippen LogP contribution in [-0.2, 0) is 15.9 Å². The van der Waals surface area contributed by atoms with Crippen molar-refractivity contribution in [2.45, 2.75) is 25.7 Å². The number of methoxy groups -OCH3 is 2. The van der Waals surface area contributed by atoms with Gasteiger partial charge in [0.25, 0.3) is 0 Å². The minimum absolute atomic E-state index is 0.639. The van der Waals surface area contributed by atoms with Crippen LogP contribution in [0.1, 0.15) is 24.8 Å². The fourth-order valence-corrected chi connectivity index (χ4v) is 2.52. The maximum Gasteiger partial charge on any atom is 0.0587 e. The summed E-state index contributed by atoms with van der Waals surface area (Å²) in [4.78, 5) is 0. The molecule has 0 saturated heterocycles. The van der Waals surface area contributed by atoms with Crippen LogP contribution in [0, 0.1) is 5.92 Å². The third kappa shape index (κ3) is 9.10. The van der Waals surface area contributed by atoms with Crippen LogP contribution >= 0.6 is 11.6 Å². The van der Waals surface area contributed by atoms with Crippen molar-refractivity contribution in [2.24, 2.45) is 5.92 Å². The molecule has 0 aliphatic carbocycles. The molecule has 21 heavy (non-hydrogen) atoms. The van der Waals surface area contributed by atoms with Gasteiger partial charge in [-0.15, -0.1) is 0 Å². The summed E-state index contributed by atoms with van der Waals surface area (Å²) in [6.45, 7) is 3.55. The lowest BCUT2D eigenvalue weighted by Crippen LogP contribution is -2.27. The van der Waals surface area contributed by atoms with Gasteiger partial charge in [-0.2, -0.15) is 0 Å². The van der Waals surface area contributed by atoms with E-state index in [-0.39, 0.29) is 0 Å². The predicted octanol–water partition coefficient (Wildman–Crippen LogP) is 3.55. The number of nitrogens with one attached hydrogen (secondary N) is 1. The Balaban J connectivity index is 2.39. The number of benzene rings is 1. The van der Waals surface area contributed by atoms with Crippen LogP contribution in [0.4, 0.5) is 0 Å². The summed E-state index contributed by atoms with van der Waals surface area (Å²) in [6, 6.07) is 8.19. The van der Waals surface area contributed by atoms with Gasteiger partial charge in [0.05, 0.1) is 6.61 Å². The monoisotopic (exact) mass is 313 g/mol. The lowest BCUT2D eigenvalue weighted by Gasteiger charge is -2.18. The van der Waals surface area contributed by atoms with Gasteiger partial charge in [-0.25, -0.2) is 0 Å². The van der Waals surface area contributed by atoms with Crippen molar-refractivity contribution in [3.8, 4) is 0 Å². The van der Waals surface area contributed by atoms with Crippen molar-refractivity contribution in [1.82, 2.24) is 5.32 Å². The fraction of sp³-hybridized carbons (Fsp3) is 0.647. The first-order chi connectivity index (χ1) is 10.3. The van der Waals surface area contributed by atoms with Crippen molar-refractivity contribution in [3.63, 3.8) is 0 Å². The molecular formula is C17H28ClNO2. The summed E-state index contributed by atoms with van der Waals surface area (Å²) >= 11 is 5.94. The number of hydrogen-bond donors (Lipinski definition) is 1. The van der Waals surface area contributed by atoms with E-state index in [0.717, 1.165) is 44.2 Å². The zero-order valence-electron chi connectivity index (χ0n) is 13.2. The van der Waals surface area contributed by atoms with Gasteiger partial charge in [0.15, 0.2) is 0 Å². The Morgan fingerprint density at radius 3 is 2.43 bits per heavy atom. The van der Waals surface area contributed by atoms with Gasteiger partial charge in [0, 0.05) is 32.4 Å². The molecule has 0 aromatic heterocycles. The van der Waals surface area contributed by atoms with Gasteiger partial charge in [0.2, 0.25) is 0 Å². The highest BCUT2D eigenvalue weighted by Crippen LogP contribution is 2.17. The molecule has 0 spiro atoms. The standard InChI is InChI=1S/C17H28ClNO2/c1-20-11-4-3-5-16(14-19-10-12-21-2)13-15-6-8-17(18)9-7-15/h6-9,16,19H,3-5,10-14H2,1-2H3. The van der Waals surface area contributed by atoms with Crippen LogP contribution in [0.15, 0.2) is 24.3 Å². The van der Waals surface area contributed by atoms with E-state index in [9.17, 15) is 0 Å². The molecule has 1 aromatic carbocycles. The maximum atomic E-state index is 5.94. The molecule has 0 amide bonds. The molecule has 1 atom stereocenters. The van der Waals surface area contributed by atoms with Crippen LogP contribution in [0.3, 0.4) is 0 Å². The van der Waals surface area contributed by atoms with Gasteiger partial charge >= 0.3 is 0 Å². The van der Waals surface area contributed by atoms with Gasteiger partial charge < -0.3 is 14.8 Å². The van der Waals surface area contributed by atoms with Crippen molar-refractivity contribution in [1.29, 1.82) is 0 Å². The molecule has 0 aliphatic rings. The summed E-state index contributed by atoms with van der Waals surface area (Å²) in [5.74, 6) is 0.639. The van der Waals surface area contributed by atoms with Crippen LogP contribution in [0.2, 0.25) is 5.02 Å². The molecule has 0 heterocycles. The van der Waals surface area contributed by atoms with Crippen LogP contribution in [0.25, 0.3) is 0 Å². The second-order valence-corrected chi connectivity index (χ2v) is 5.82. The van der Waals surface area contributed by atoms with Crippen LogP contribution in [0.5, 0.6) is 0 Å². The summed E-state index contributed by atoms with van der Waals surface area (Å²) in [5, 5.41) is 4.28. The summed E-state index contributed by atoms with van der Waals surface area (Å²) < 4.78 is 10.2. The first kappa shape index (κ1) is 18.4. The summed E-state index contributed by atoms with van der Waals surface area (Å²) in [7, 11) is 3.50. The van der Waals surface area contributed by atoms with Crippen molar-refractivity contribution < 1.29 is 9.47 Å². The Morgan fingerprint density at radius 2 is 1.76 bits per heavy atom. The molecule has 1 aromatic rings. The Hall–Kier alpha value is -0.610. The minimum atomic E-state index is 0.639. The zero-order valence-corrected chi connectivity index (χ0v) is 14.0. The van der Waals surface area contributed by atoms with Gasteiger partial charge in [-0.3, -0.25) is 0 Å². The third-order valence-corrected chi connectivity index (χ3v) is 3.82. The molecule has 0 radical (unpaired) electrons. The van der Waals surface area contributed by atoms with E-state index in [1.165, 1.54) is 18.4 Å². The minimum Gasteiger partial charge on any atom is -0.385 e. The Bertz CT molecular complexity index is 344. The average Bonchev–Trinajstić information content (AvgIpc) is 2.50.